The highest BCUT2D eigenvalue weighted by molar-refractivity contribution is 7.99. The number of hydrogen-bond donors (Lipinski definition) is 1. The van der Waals surface area contributed by atoms with Crippen molar-refractivity contribution in [2.45, 2.75) is 26.7 Å². The molecule has 0 bridgehead atoms. The molecule has 2 fully saturated rings. The highest BCUT2D eigenvalue weighted by Gasteiger charge is 2.39. The molecule has 2 heterocycles. The van der Waals surface area contributed by atoms with Gasteiger partial charge in [-0.3, -0.25) is 4.79 Å². The van der Waals surface area contributed by atoms with Crippen LogP contribution in [0.5, 0.6) is 0 Å². The van der Waals surface area contributed by atoms with Crippen LogP contribution in [0.2, 0.25) is 0 Å². The first-order valence-electron chi connectivity index (χ1n) is 6.70. The zero-order valence-electron chi connectivity index (χ0n) is 11.0. The molecule has 0 radical (unpaired) electrons. The zero-order chi connectivity index (χ0) is 12.3. The first kappa shape index (κ1) is 13.2. The Kier molecular flexibility index (Phi) is 4.36. The first-order valence-corrected chi connectivity index (χ1v) is 7.85. The third kappa shape index (κ3) is 2.97. The maximum atomic E-state index is 12.6. The standard InChI is InChI=1S/C13H24N2OS/c1-13(2,11-4-3-5-14-10-11)12(16)15-6-8-17-9-7-15/h11,14H,3-10H2,1-2H3. The predicted octanol–water partition coefficient (Wildman–Crippen LogP) is 1.59. The van der Waals surface area contributed by atoms with Crippen LogP contribution in [0.3, 0.4) is 0 Å². The van der Waals surface area contributed by atoms with Crippen molar-refractivity contribution in [1.82, 2.24) is 10.2 Å². The summed E-state index contributed by atoms with van der Waals surface area (Å²) in [6.45, 7) is 8.26. The summed E-state index contributed by atoms with van der Waals surface area (Å²) >= 11 is 1.96. The number of nitrogens with one attached hydrogen (secondary N) is 1. The van der Waals surface area contributed by atoms with Gasteiger partial charge in [0.05, 0.1) is 0 Å². The first-order chi connectivity index (χ1) is 8.12. The monoisotopic (exact) mass is 256 g/mol. The van der Waals surface area contributed by atoms with Gasteiger partial charge in [0.15, 0.2) is 0 Å². The summed E-state index contributed by atoms with van der Waals surface area (Å²) in [7, 11) is 0. The summed E-state index contributed by atoms with van der Waals surface area (Å²) in [5, 5.41) is 3.42. The second-order valence-electron chi connectivity index (χ2n) is 5.67. The third-order valence-corrected chi connectivity index (χ3v) is 5.11. The maximum Gasteiger partial charge on any atom is 0.228 e. The van der Waals surface area contributed by atoms with E-state index in [2.05, 4.69) is 24.1 Å². The molecule has 0 spiro atoms. The Balaban J connectivity index is 1.99. The lowest BCUT2D eigenvalue weighted by atomic mass is 9.74. The van der Waals surface area contributed by atoms with Crippen molar-refractivity contribution < 1.29 is 4.79 Å². The second-order valence-corrected chi connectivity index (χ2v) is 6.89. The fourth-order valence-corrected chi connectivity index (χ4v) is 3.72. The molecule has 2 aliphatic heterocycles. The average molecular weight is 256 g/mol. The van der Waals surface area contributed by atoms with E-state index in [0.717, 1.165) is 37.7 Å². The van der Waals surface area contributed by atoms with Gasteiger partial charge in [-0.05, 0) is 31.8 Å². The summed E-state index contributed by atoms with van der Waals surface area (Å²) in [5.41, 5.74) is -0.199. The van der Waals surface area contributed by atoms with Crippen molar-refractivity contribution in [3.05, 3.63) is 0 Å². The Bertz CT molecular complexity index is 269. The van der Waals surface area contributed by atoms with Gasteiger partial charge in [0.2, 0.25) is 5.91 Å². The fraction of sp³-hybridized carbons (Fsp3) is 0.923. The highest BCUT2D eigenvalue weighted by Crippen LogP contribution is 2.34. The molecule has 0 aliphatic carbocycles. The molecule has 2 aliphatic rings. The Hall–Kier alpha value is -0.220. The molecule has 3 nitrogen and oxygen atoms in total. The molecule has 17 heavy (non-hydrogen) atoms. The summed E-state index contributed by atoms with van der Waals surface area (Å²) in [6, 6.07) is 0. The number of carbonyl (C=O) groups is 1. The summed E-state index contributed by atoms with van der Waals surface area (Å²) < 4.78 is 0. The zero-order valence-corrected chi connectivity index (χ0v) is 11.8. The van der Waals surface area contributed by atoms with Gasteiger partial charge < -0.3 is 10.2 Å². The molecular weight excluding hydrogens is 232 g/mol. The van der Waals surface area contributed by atoms with Gasteiger partial charge >= 0.3 is 0 Å². The Labute approximate surface area is 109 Å². The molecule has 2 rings (SSSR count). The number of nitrogens with zero attached hydrogens (tertiary/aromatic N) is 1. The molecule has 0 aromatic carbocycles. The molecular formula is C13H24N2OS. The van der Waals surface area contributed by atoms with Crippen molar-refractivity contribution in [3.63, 3.8) is 0 Å². The molecule has 1 amide bonds. The smallest absolute Gasteiger partial charge is 0.228 e. The van der Waals surface area contributed by atoms with Crippen LogP contribution in [0.1, 0.15) is 26.7 Å². The number of thioether (sulfide) groups is 1. The number of hydrogen-bond acceptors (Lipinski definition) is 3. The van der Waals surface area contributed by atoms with Gasteiger partial charge in [-0.2, -0.15) is 11.8 Å². The number of rotatable bonds is 2. The SMILES string of the molecule is CC(C)(C(=O)N1CCSCC1)C1CCCNC1. The molecule has 0 aromatic rings. The van der Waals surface area contributed by atoms with Crippen LogP contribution in [-0.4, -0.2) is 48.5 Å². The van der Waals surface area contributed by atoms with Gasteiger partial charge in [-0.15, -0.1) is 0 Å². The van der Waals surface area contributed by atoms with E-state index in [0.29, 0.717) is 11.8 Å². The van der Waals surface area contributed by atoms with Crippen molar-refractivity contribution >= 4 is 17.7 Å². The van der Waals surface area contributed by atoms with E-state index in [4.69, 9.17) is 0 Å². The van der Waals surface area contributed by atoms with Crippen LogP contribution in [0.25, 0.3) is 0 Å². The lowest BCUT2D eigenvalue weighted by Crippen LogP contribution is -2.50. The van der Waals surface area contributed by atoms with Crippen LogP contribution in [0, 0.1) is 11.3 Å². The minimum Gasteiger partial charge on any atom is -0.341 e. The molecule has 1 atom stereocenters. The Morgan fingerprint density at radius 1 is 1.35 bits per heavy atom. The van der Waals surface area contributed by atoms with Gasteiger partial charge in [-0.25, -0.2) is 0 Å². The van der Waals surface area contributed by atoms with Crippen LogP contribution >= 0.6 is 11.8 Å². The lowest BCUT2D eigenvalue weighted by molar-refractivity contribution is -0.143. The molecule has 1 unspecified atom stereocenters. The van der Waals surface area contributed by atoms with Crippen LogP contribution in [0.4, 0.5) is 0 Å². The van der Waals surface area contributed by atoms with E-state index in [9.17, 15) is 4.79 Å². The normalized spacial score (nSPS) is 26.9. The molecule has 4 heteroatoms. The van der Waals surface area contributed by atoms with Crippen molar-refractivity contribution in [2.75, 3.05) is 37.7 Å². The lowest BCUT2D eigenvalue weighted by Gasteiger charge is -2.40. The molecule has 0 saturated carbocycles. The Morgan fingerprint density at radius 2 is 2.06 bits per heavy atom. The molecule has 98 valence electrons. The van der Waals surface area contributed by atoms with Gasteiger partial charge in [0.1, 0.15) is 0 Å². The van der Waals surface area contributed by atoms with E-state index in [1.54, 1.807) is 0 Å². The van der Waals surface area contributed by atoms with Gasteiger partial charge in [-0.1, -0.05) is 13.8 Å². The van der Waals surface area contributed by atoms with Crippen LogP contribution < -0.4 is 5.32 Å². The van der Waals surface area contributed by atoms with E-state index < -0.39 is 0 Å². The van der Waals surface area contributed by atoms with Gasteiger partial charge in [0, 0.05) is 30.0 Å². The fourth-order valence-electron chi connectivity index (χ4n) is 2.82. The molecule has 1 N–H and O–H groups in total. The topological polar surface area (TPSA) is 32.3 Å². The maximum absolute atomic E-state index is 12.6. The highest BCUT2D eigenvalue weighted by atomic mass is 32.2. The summed E-state index contributed by atoms with van der Waals surface area (Å²) in [4.78, 5) is 14.7. The van der Waals surface area contributed by atoms with Gasteiger partial charge in [0.25, 0.3) is 0 Å². The van der Waals surface area contributed by atoms with Crippen LogP contribution in [-0.2, 0) is 4.79 Å². The van der Waals surface area contributed by atoms with Crippen LogP contribution in [0.15, 0.2) is 0 Å². The second kappa shape index (κ2) is 5.61. The van der Waals surface area contributed by atoms with E-state index in [-0.39, 0.29) is 5.41 Å². The third-order valence-electron chi connectivity index (χ3n) is 4.17. The minimum atomic E-state index is -0.199. The number of carbonyl (C=O) groups excluding carboxylic acids is 1. The van der Waals surface area contributed by atoms with E-state index >= 15 is 0 Å². The van der Waals surface area contributed by atoms with E-state index in [1.165, 1.54) is 12.8 Å². The van der Waals surface area contributed by atoms with Crippen molar-refractivity contribution in [1.29, 1.82) is 0 Å². The van der Waals surface area contributed by atoms with E-state index in [1.807, 2.05) is 11.8 Å². The predicted molar refractivity (Wildman–Crippen MR) is 73.3 cm³/mol. The molecule has 2 saturated heterocycles. The number of piperidine rings is 1. The quantitative estimate of drug-likeness (QED) is 0.814. The summed E-state index contributed by atoms with van der Waals surface area (Å²) in [6.07, 6.45) is 2.39. The average Bonchev–Trinajstić information content (AvgIpc) is 2.40. The van der Waals surface area contributed by atoms with Crippen molar-refractivity contribution in [3.8, 4) is 0 Å². The minimum absolute atomic E-state index is 0.199. The largest absolute Gasteiger partial charge is 0.341 e. The Morgan fingerprint density at radius 3 is 2.65 bits per heavy atom. The molecule has 0 aromatic heterocycles. The summed E-state index contributed by atoms with van der Waals surface area (Å²) in [5.74, 6) is 3.07. The number of amides is 1. The van der Waals surface area contributed by atoms with Crippen molar-refractivity contribution in [2.24, 2.45) is 11.3 Å².